The van der Waals surface area contributed by atoms with Crippen LogP contribution in [0, 0.1) is 11.7 Å². The molecule has 6 heteroatoms. The van der Waals surface area contributed by atoms with Crippen LogP contribution in [0.15, 0.2) is 0 Å². The van der Waals surface area contributed by atoms with Gasteiger partial charge < -0.3 is 10.1 Å². The van der Waals surface area contributed by atoms with Crippen molar-refractivity contribution in [3.8, 4) is 5.88 Å². The van der Waals surface area contributed by atoms with E-state index in [9.17, 15) is 9.18 Å². The lowest BCUT2D eigenvalue weighted by Crippen LogP contribution is -2.28. The van der Waals surface area contributed by atoms with Gasteiger partial charge in [0.1, 0.15) is 6.61 Å². The summed E-state index contributed by atoms with van der Waals surface area (Å²) in [6.45, 7) is 5.33. The SMILES string of the molecule is CC(C)CNC(=O)c1nn2c(c1F)OCC2. The first-order valence-electron chi connectivity index (χ1n) is 5.27. The van der Waals surface area contributed by atoms with Gasteiger partial charge in [-0.2, -0.15) is 9.49 Å². The van der Waals surface area contributed by atoms with Gasteiger partial charge in [-0.15, -0.1) is 0 Å². The summed E-state index contributed by atoms with van der Waals surface area (Å²) >= 11 is 0. The fourth-order valence-corrected chi connectivity index (χ4v) is 1.47. The van der Waals surface area contributed by atoms with Gasteiger partial charge in [-0.3, -0.25) is 4.79 Å². The maximum atomic E-state index is 13.6. The van der Waals surface area contributed by atoms with Crippen LogP contribution in [0.3, 0.4) is 0 Å². The molecule has 1 amide bonds. The number of rotatable bonds is 3. The highest BCUT2D eigenvalue weighted by molar-refractivity contribution is 5.92. The van der Waals surface area contributed by atoms with Crippen molar-refractivity contribution in [2.45, 2.75) is 20.4 Å². The van der Waals surface area contributed by atoms with Crippen molar-refractivity contribution in [3.63, 3.8) is 0 Å². The number of halogens is 1. The molecule has 5 nitrogen and oxygen atoms in total. The van der Waals surface area contributed by atoms with Crippen LogP contribution in [0.5, 0.6) is 5.88 Å². The highest BCUT2D eigenvalue weighted by Crippen LogP contribution is 2.24. The summed E-state index contributed by atoms with van der Waals surface area (Å²) in [4.78, 5) is 11.6. The molecule has 88 valence electrons. The van der Waals surface area contributed by atoms with E-state index in [1.54, 1.807) is 0 Å². The zero-order valence-electron chi connectivity index (χ0n) is 9.29. The van der Waals surface area contributed by atoms with Crippen molar-refractivity contribution in [2.24, 2.45) is 5.92 Å². The predicted molar refractivity (Wildman–Crippen MR) is 54.9 cm³/mol. The molecule has 0 unspecified atom stereocenters. The van der Waals surface area contributed by atoms with Crippen LogP contribution in [-0.2, 0) is 6.54 Å². The van der Waals surface area contributed by atoms with Gasteiger partial charge in [-0.25, -0.2) is 4.68 Å². The van der Waals surface area contributed by atoms with Crippen LogP contribution in [0.1, 0.15) is 24.3 Å². The number of amides is 1. The third-order valence-electron chi connectivity index (χ3n) is 2.28. The first-order chi connectivity index (χ1) is 7.59. The Bertz CT molecular complexity index is 414. The second-order valence-electron chi connectivity index (χ2n) is 4.14. The zero-order chi connectivity index (χ0) is 11.7. The van der Waals surface area contributed by atoms with E-state index in [-0.39, 0.29) is 11.6 Å². The minimum atomic E-state index is -0.668. The van der Waals surface area contributed by atoms with E-state index >= 15 is 0 Å². The predicted octanol–water partition coefficient (Wildman–Crippen LogP) is 0.800. The summed E-state index contributed by atoms with van der Waals surface area (Å²) in [6.07, 6.45) is 0. The molecule has 0 atom stereocenters. The van der Waals surface area contributed by atoms with Gasteiger partial charge in [0.15, 0.2) is 5.69 Å². The molecule has 1 N–H and O–H groups in total. The van der Waals surface area contributed by atoms with Crippen LogP contribution in [-0.4, -0.2) is 28.8 Å². The second kappa shape index (κ2) is 4.11. The van der Waals surface area contributed by atoms with Crippen LogP contribution >= 0.6 is 0 Å². The van der Waals surface area contributed by atoms with E-state index < -0.39 is 11.7 Å². The van der Waals surface area contributed by atoms with Crippen LogP contribution in [0.25, 0.3) is 0 Å². The van der Waals surface area contributed by atoms with Gasteiger partial charge in [0.25, 0.3) is 5.91 Å². The number of carbonyl (C=O) groups is 1. The van der Waals surface area contributed by atoms with E-state index in [1.165, 1.54) is 4.68 Å². The first kappa shape index (κ1) is 10.9. The van der Waals surface area contributed by atoms with Gasteiger partial charge in [0.2, 0.25) is 11.7 Å². The lowest BCUT2D eigenvalue weighted by Gasteiger charge is -2.05. The molecule has 0 saturated carbocycles. The quantitative estimate of drug-likeness (QED) is 0.831. The molecule has 1 aromatic rings. The number of aromatic nitrogens is 2. The number of nitrogens with zero attached hydrogens (tertiary/aromatic N) is 2. The number of ether oxygens (including phenoxy) is 1. The van der Waals surface area contributed by atoms with Crippen molar-refractivity contribution in [3.05, 3.63) is 11.5 Å². The van der Waals surface area contributed by atoms with E-state index in [2.05, 4.69) is 10.4 Å². The van der Waals surface area contributed by atoms with Gasteiger partial charge >= 0.3 is 0 Å². The van der Waals surface area contributed by atoms with E-state index in [1.807, 2.05) is 13.8 Å². The lowest BCUT2D eigenvalue weighted by atomic mass is 10.2. The van der Waals surface area contributed by atoms with Crippen molar-refractivity contribution >= 4 is 5.91 Å². The summed E-state index contributed by atoms with van der Waals surface area (Å²) in [7, 11) is 0. The topological polar surface area (TPSA) is 56.2 Å². The Morgan fingerprint density at radius 3 is 3.06 bits per heavy atom. The summed E-state index contributed by atoms with van der Waals surface area (Å²) in [5, 5.41) is 6.49. The molecule has 2 rings (SSSR count). The Labute approximate surface area is 92.6 Å². The summed E-state index contributed by atoms with van der Waals surface area (Å²) < 4.78 is 20.0. The third-order valence-corrected chi connectivity index (χ3v) is 2.28. The molecule has 1 aliphatic rings. The molecule has 0 spiro atoms. The Morgan fingerprint density at radius 2 is 2.44 bits per heavy atom. The minimum absolute atomic E-state index is 0.0645. The molecule has 1 aliphatic heterocycles. The van der Waals surface area contributed by atoms with Crippen LogP contribution < -0.4 is 10.1 Å². The number of nitrogens with one attached hydrogen (secondary N) is 1. The van der Waals surface area contributed by atoms with E-state index in [4.69, 9.17) is 4.74 Å². The lowest BCUT2D eigenvalue weighted by molar-refractivity contribution is 0.0938. The molecule has 0 fully saturated rings. The maximum absolute atomic E-state index is 13.6. The van der Waals surface area contributed by atoms with Crippen molar-refractivity contribution < 1.29 is 13.9 Å². The van der Waals surface area contributed by atoms with Crippen molar-refractivity contribution in [1.82, 2.24) is 15.1 Å². The third kappa shape index (κ3) is 1.87. The fraction of sp³-hybridized carbons (Fsp3) is 0.600. The number of carbonyl (C=O) groups excluding carboxylic acids is 1. The second-order valence-corrected chi connectivity index (χ2v) is 4.14. The minimum Gasteiger partial charge on any atom is -0.474 e. The Kier molecular flexibility index (Phi) is 2.80. The Balaban J connectivity index is 2.12. The summed E-state index contributed by atoms with van der Waals surface area (Å²) in [5.41, 5.74) is -0.185. The van der Waals surface area contributed by atoms with E-state index in [0.717, 1.165) is 0 Å². The number of hydrogen-bond acceptors (Lipinski definition) is 3. The fourth-order valence-electron chi connectivity index (χ4n) is 1.47. The van der Waals surface area contributed by atoms with Crippen molar-refractivity contribution in [2.75, 3.05) is 13.2 Å². The van der Waals surface area contributed by atoms with Gasteiger partial charge in [0, 0.05) is 6.54 Å². The van der Waals surface area contributed by atoms with Gasteiger partial charge in [-0.05, 0) is 5.92 Å². The molecule has 2 heterocycles. The Morgan fingerprint density at radius 1 is 1.69 bits per heavy atom. The smallest absolute Gasteiger partial charge is 0.275 e. The molecule has 1 aromatic heterocycles. The van der Waals surface area contributed by atoms with Crippen LogP contribution in [0.2, 0.25) is 0 Å². The highest BCUT2D eigenvalue weighted by atomic mass is 19.1. The molecule has 0 saturated heterocycles. The van der Waals surface area contributed by atoms with Crippen molar-refractivity contribution in [1.29, 1.82) is 0 Å². The molecular weight excluding hydrogens is 213 g/mol. The molecule has 16 heavy (non-hydrogen) atoms. The summed E-state index contributed by atoms with van der Waals surface area (Å²) in [5.74, 6) is -0.775. The average molecular weight is 227 g/mol. The maximum Gasteiger partial charge on any atom is 0.275 e. The number of hydrogen-bond donors (Lipinski definition) is 1. The molecule has 0 bridgehead atoms. The first-order valence-corrected chi connectivity index (χ1v) is 5.27. The zero-order valence-corrected chi connectivity index (χ0v) is 9.29. The standard InChI is InChI=1S/C10H14FN3O2/c1-6(2)5-12-9(15)8-7(11)10-14(13-8)3-4-16-10/h6H,3-5H2,1-2H3,(H,12,15). The molecule has 0 radical (unpaired) electrons. The summed E-state index contributed by atoms with van der Waals surface area (Å²) in [6, 6.07) is 0. The van der Waals surface area contributed by atoms with E-state index in [0.29, 0.717) is 25.6 Å². The number of fused-ring (bicyclic) bond motifs is 1. The largest absolute Gasteiger partial charge is 0.474 e. The monoisotopic (exact) mass is 227 g/mol. The van der Waals surface area contributed by atoms with Gasteiger partial charge in [0.05, 0.1) is 6.54 Å². The highest BCUT2D eigenvalue weighted by Gasteiger charge is 2.27. The normalized spacial score (nSPS) is 13.8. The Hall–Kier alpha value is -1.59. The molecule has 0 aromatic carbocycles. The van der Waals surface area contributed by atoms with Crippen LogP contribution in [0.4, 0.5) is 4.39 Å². The molecular formula is C10H14FN3O2. The molecule has 0 aliphatic carbocycles. The van der Waals surface area contributed by atoms with Gasteiger partial charge in [-0.1, -0.05) is 13.8 Å². The average Bonchev–Trinajstić information content (AvgIpc) is 2.78.